The van der Waals surface area contributed by atoms with Crippen LogP contribution in [0, 0.1) is 0 Å². The standard InChI is InChI=1S/C14H20N2O3S/c1-18-13-3-2-10(14(15)20)6-11(13)7-16-4-5-19-12(8-16)9-17/h2-3,6,12,17H,4-5,7-9H2,1H3,(H2,15,20). The average molecular weight is 296 g/mol. The zero-order valence-corrected chi connectivity index (χ0v) is 12.4. The van der Waals surface area contributed by atoms with Crippen LogP contribution in [-0.4, -0.2) is 54.5 Å². The first-order valence-corrected chi connectivity index (χ1v) is 6.96. The van der Waals surface area contributed by atoms with Gasteiger partial charge in [0.25, 0.3) is 0 Å². The molecule has 1 heterocycles. The summed E-state index contributed by atoms with van der Waals surface area (Å²) in [5.74, 6) is 0.817. The number of aliphatic hydroxyl groups excluding tert-OH is 1. The van der Waals surface area contributed by atoms with E-state index in [2.05, 4.69) is 4.90 Å². The molecule has 110 valence electrons. The number of benzene rings is 1. The molecule has 1 unspecified atom stereocenters. The fourth-order valence-electron chi connectivity index (χ4n) is 2.33. The fraction of sp³-hybridized carbons (Fsp3) is 0.500. The van der Waals surface area contributed by atoms with E-state index in [-0.39, 0.29) is 12.7 Å². The SMILES string of the molecule is COc1ccc(C(N)=S)cc1CN1CCOC(CO)C1. The number of thiocarbonyl (C=S) groups is 1. The first kappa shape index (κ1) is 15.2. The summed E-state index contributed by atoms with van der Waals surface area (Å²) in [6, 6.07) is 5.71. The van der Waals surface area contributed by atoms with Gasteiger partial charge in [-0.05, 0) is 18.2 Å². The zero-order chi connectivity index (χ0) is 14.5. The van der Waals surface area contributed by atoms with Crippen molar-refractivity contribution in [1.82, 2.24) is 4.90 Å². The van der Waals surface area contributed by atoms with Gasteiger partial charge in [-0.15, -0.1) is 0 Å². The second-order valence-electron chi connectivity index (χ2n) is 4.80. The molecule has 2 rings (SSSR count). The van der Waals surface area contributed by atoms with E-state index in [1.807, 2.05) is 18.2 Å². The second-order valence-corrected chi connectivity index (χ2v) is 5.24. The Morgan fingerprint density at radius 1 is 1.60 bits per heavy atom. The van der Waals surface area contributed by atoms with Crippen LogP contribution in [0.25, 0.3) is 0 Å². The van der Waals surface area contributed by atoms with Crippen molar-refractivity contribution in [2.75, 3.05) is 33.4 Å². The van der Waals surface area contributed by atoms with E-state index < -0.39 is 0 Å². The van der Waals surface area contributed by atoms with Crippen LogP contribution in [0.1, 0.15) is 11.1 Å². The molecule has 0 saturated carbocycles. The van der Waals surface area contributed by atoms with Crippen molar-refractivity contribution < 1.29 is 14.6 Å². The number of morpholine rings is 1. The third-order valence-electron chi connectivity index (χ3n) is 3.39. The van der Waals surface area contributed by atoms with Crippen molar-refractivity contribution in [3.05, 3.63) is 29.3 Å². The van der Waals surface area contributed by atoms with E-state index in [4.69, 9.17) is 27.4 Å². The Morgan fingerprint density at radius 3 is 3.05 bits per heavy atom. The highest BCUT2D eigenvalue weighted by Crippen LogP contribution is 2.22. The molecule has 0 aliphatic carbocycles. The molecule has 5 nitrogen and oxygen atoms in total. The minimum atomic E-state index is -0.117. The highest BCUT2D eigenvalue weighted by molar-refractivity contribution is 7.80. The van der Waals surface area contributed by atoms with Gasteiger partial charge in [-0.25, -0.2) is 0 Å². The van der Waals surface area contributed by atoms with Gasteiger partial charge in [0.1, 0.15) is 10.7 Å². The number of aliphatic hydroxyl groups is 1. The lowest BCUT2D eigenvalue weighted by Crippen LogP contribution is -2.43. The molecule has 0 spiro atoms. The van der Waals surface area contributed by atoms with Crippen molar-refractivity contribution in [2.45, 2.75) is 12.6 Å². The summed E-state index contributed by atoms with van der Waals surface area (Å²) in [6.45, 7) is 2.93. The van der Waals surface area contributed by atoms with Crippen molar-refractivity contribution in [1.29, 1.82) is 0 Å². The van der Waals surface area contributed by atoms with Crippen LogP contribution in [0.4, 0.5) is 0 Å². The molecule has 3 N–H and O–H groups in total. The molecule has 1 atom stereocenters. The number of ether oxygens (including phenoxy) is 2. The van der Waals surface area contributed by atoms with Gasteiger partial charge < -0.3 is 20.3 Å². The predicted molar refractivity (Wildman–Crippen MR) is 81.0 cm³/mol. The number of methoxy groups -OCH3 is 1. The Hall–Kier alpha value is -1.21. The second kappa shape index (κ2) is 6.99. The van der Waals surface area contributed by atoms with Gasteiger partial charge in [-0.1, -0.05) is 12.2 Å². The minimum Gasteiger partial charge on any atom is -0.496 e. The fourth-order valence-corrected chi connectivity index (χ4v) is 2.46. The first-order chi connectivity index (χ1) is 9.63. The van der Waals surface area contributed by atoms with Crippen LogP contribution >= 0.6 is 12.2 Å². The molecule has 0 bridgehead atoms. The monoisotopic (exact) mass is 296 g/mol. The molecular weight excluding hydrogens is 276 g/mol. The molecule has 1 aromatic carbocycles. The molecule has 6 heteroatoms. The van der Waals surface area contributed by atoms with E-state index in [1.54, 1.807) is 7.11 Å². The Kier molecular flexibility index (Phi) is 5.31. The highest BCUT2D eigenvalue weighted by Gasteiger charge is 2.20. The number of hydrogen-bond acceptors (Lipinski definition) is 5. The third kappa shape index (κ3) is 3.67. The van der Waals surface area contributed by atoms with Crippen LogP contribution in [0.2, 0.25) is 0 Å². The summed E-state index contributed by atoms with van der Waals surface area (Å²) in [6.07, 6.45) is -0.117. The van der Waals surface area contributed by atoms with E-state index >= 15 is 0 Å². The maximum atomic E-state index is 9.18. The van der Waals surface area contributed by atoms with E-state index in [1.165, 1.54) is 0 Å². The van der Waals surface area contributed by atoms with Crippen molar-refractivity contribution in [3.8, 4) is 5.75 Å². The lowest BCUT2D eigenvalue weighted by molar-refractivity contribution is -0.0552. The molecular formula is C14H20N2O3S. The summed E-state index contributed by atoms with van der Waals surface area (Å²) < 4.78 is 10.8. The van der Waals surface area contributed by atoms with E-state index in [0.29, 0.717) is 18.1 Å². The van der Waals surface area contributed by atoms with Crippen LogP contribution < -0.4 is 10.5 Å². The zero-order valence-electron chi connectivity index (χ0n) is 11.5. The van der Waals surface area contributed by atoms with Crippen molar-refractivity contribution in [3.63, 3.8) is 0 Å². The molecule has 1 saturated heterocycles. The molecule has 1 aliphatic rings. The van der Waals surface area contributed by atoms with Crippen LogP contribution in [0.5, 0.6) is 5.75 Å². The summed E-state index contributed by atoms with van der Waals surface area (Å²) in [5, 5.41) is 9.18. The van der Waals surface area contributed by atoms with Crippen molar-refractivity contribution >= 4 is 17.2 Å². The van der Waals surface area contributed by atoms with Gasteiger partial charge in [0, 0.05) is 30.8 Å². The molecule has 1 fully saturated rings. The summed E-state index contributed by atoms with van der Waals surface area (Å²) >= 11 is 5.01. The van der Waals surface area contributed by atoms with Gasteiger partial charge >= 0.3 is 0 Å². The summed E-state index contributed by atoms with van der Waals surface area (Å²) in [5.41, 5.74) is 7.55. The van der Waals surface area contributed by atoms with Crippen LogP contribution in [-0.2, 0) is 11.3 Å². The van der Waals surface area contributed by atoms with Crippen LogP contribution in [0.3, 0.4) is 0 Å². The first-order valence-electron chi connectivity index (χ1n) is 6.55. The largest absolute Gasteiger partial charge is 0.496 e. The van der Waals surface area contributed by atoms with Crippen LogP contribution in [0.15, 0.2) is 18.2 Å². The Balaban J connectivity index is 2.14. The number of rotatable bonds is 5. The quantitative estimate of drug-likeness (QED) is 0.772. The lowest BCUT2D eigenvalue weighted by atomic mass is 10.1. The van der Waals surface area contributed by atoms with Gasteiger partial charge in [-0.2, -0.15) is 0 Å². The molecule has 0 radical (unpaired) electrons. The average Bonchev–Trinajstić information content (AvgIpc) is 2.47. The number of nitrogens with zero attached hydrogens (tertiary/aromatic N) is 1. The Bertz CT molecular complexity index is 481. The predicted octanol–water partition coefficient (Wildman–Crippen LogP) is 0.522. The van der Waals surface area contributed by atoms with Gasteiger partial charge in [0.15, 0.2) is 0 Å². The summed E-state index contributed by atoms with van der Waals surface area (Å²) in [4.78, 5) is 2.61. The number of hydrogen-bond donors (Lipinski definition) is 2. The molecule has 1 aromatic rings. The van der Waals surface area contributed by atoms with E-state index in [0.717, 1.165) is 30.0 Å². The van der Waals surface area contributed by atoms with Gasteiger partial charge in [0.2, 0.25) is 0 Å². The van der Waals surface area contributed by atoms with E-state index in [9.17, 15) is 5.11 Å². The van der Waals surface area contributed by atoms with Gasteiger partial charge in [-0.3, -0.25) is 4.90 Å². The number of nitrogens with two attached hydrogens (primary N) is 1. The topological polar surface area (TPSA) is 68.0 Å². The Morgan fingerprint density at radius 2 is 2.40 bits per heavy atom. The smallest absolute Gasteiger partial charge is 0.123 e. The molecule has 1 aliphatic heterocycles. The normalized spacial score (nSPS) is 19.8. The lowest BCUT2D eigenvalue weighted by Gasteiger charge is -2.32. The summed E-state index contributed by atoms with van der Waals surface area (Å²) in [7, 11) is 1.65. The Labute approximate surface area is 124 Å². The molecule has 20 heavy (non-hydrogen) atoms. The van der Waals surface area contributed by atoms with Gasteiger partial charge in [0.05, 0.1) is 26.4 Å². The van der Waals surface area contributed by atoms with Crippen molar-refractivity contribution in [2.24, 2.45) is 5.73 Å². The molecule has 0 aromatic heterocycles. The minimum absolute atomic E-state index is 0.0422. The highest BCUT2D eigenvalue weighted by atomic mass is 32.1. The third-order valence-corrected chi connectivity index (χ3v) is 3.62. The maximum absolute atomic E-state index is 9.18. The molecule has 0 amide bonds. The maximum Gasteiger partial charge on any atom is 0.123 e.